The molecule has 1 aliphatic rings. The van der Waals surface area contributed by atoms with Gasteiger partial charge in [0.25, 0.3) is 0 Å². The molecule has 1 atom stereocenters. The third-order valence-electron chi connectivity index (χ3n) is 3.44. The zero-order valence-electron chi connectivity index (χ0n) is 11.4. The number of methoxy groups -OCH3 is 2. The van der Waals surface area contributed by atoms with Crippen LogP contribution < -0.4 is 9.47 Å². The summed E-state index contributed by atoms with van der Waals surface area (Å²) in [5, 5.41) is 10.3. The number of β-amino-alcohol motifs (C(OH)–C–C–N with tert-alkyl or cyclic N) is 1. The van der Waals surface area contributed by atoms with Crippen LogP contribution in [-0.4, -0.2) is 48.7 Å². The first kappa shape index (κ1) is 14.6. The fraction of sp³-hybridized carbons (Fsp3) is 0.571. The summed E-state index contributed by atoms with van der Waals surface area (Å²) in [7, 11) is 3.31. The van der Waals surface area contributed by atoms with Crippen LogP contribution in [0.1, 0.15) is 11.1 Å². The van der Waals surface area contributed by atoms with Gasteiger partial charge in [0.15, 0.2) is 11.5 Å². The predicted octanol–water partition coefficient (Wildman–Crippen LogP) is 1.82. The minimum atomic E-state index is -0.318. The van der Waals surface area contributed by atoms with Gasteiger partial charge >= 0.3 is 0 Å². The summed E-state index contributed by atoms with van der Waals surface area (Å²) >= 11 is 3.30. The second kappa shape index (κ2) is 6.59. The van der Waals surface area contributed by atoms with Crippen LogP contribution in [-0.2, 0) is 13.0 Å². The average Bonchev–Trinajstić information content (AvgIpc) is 2.45. The number of rotatable bonds is 5. The Morgan fingerprint density at radius 3 is 2.47 bits per heavy atom. The molecule has 0 aliphatic carbocycles. The van der Waals surface area contributed by atoms with Gasteiger partial charge in [-0.15, -0.1) is 0 Å². The van der Waals surface area contributed by atoms with E-state index in [4.69, 9.17) is 9.47 Å². The van der Waals surface area contributed by atoms with Crippen LogP contribution in [0.4, 0.5) is 0 Å². The highest BCUT2D eigenvalue weighted by Crippen LogP contribution is 2.33. The first-order chi connectivity index (χ1) is 9.17. The van der Waals surface area contributed by atoms with Gasteiger partial charge in [-0.1, -0.05) is 15.9 Å². The molecule has 1 heterocycles. The number of fused-ring (bicyclic) bond motifs is 1. The van der Waals surface area contributed by atoms with Gasteiger partial charge in [0, 0.05) is 25.0 Å². The normalized spacial score (nSPS) is 16.8. The Kier molecular flexibility index (Phi) is 5.07. The van der Waals surface area contributed by atoms with E-state index in [-0.39, 0.29) is 6.10 Å². The molecule has 0 spiro atoms. The number of halogens is 1. The summed E-state index contributed by atoms with van der Waals surface area (Å²) in [6.45, 7) is 2.51. The maximum atomic E-state index is 9.71. The largest absolute Gasteiger partial charge is 0.493 e. The third-order valence-corrected chi connectivity index (χ3v) is 4.19. The van der Waals surface area contributed by atoms with Crippen LogP contribution in [0.2, 0.25) is 0 Å². The number of benzene rings is 1. The monoisotopic (exact) mass is 329 g/mol. The maximum Gasteiger partial charge on any atom is 0.161 e. The molecular weight excluding hydrogens is 310 g/mol. The Labute approximate surface area is 122 Å². The van der Waals surface area contributed by atoms with E-state index in [2.05, 4.69) is 26.9 Å². The number of alkyl halides is 1. The number of aliphatic hydroxyl groups is 1. The summed E-state index contributed by atoms with van der Waals surface area (Å²) in [4.78, 5) is 2.26. The van der Waals surface area contributed by atoms with Crippen molar-refractivity contribution in [3.63, 3.8) is 0 Å². The lowest BCUT2D eigenvalue weighted by molar-refractivity contribution is 0.123. The van der Waals surface area contributed by atoms with Crippen molar-refractivity contribution in [3.05, 3.63) is 23.3 Å². The van der Waals surface area contributed by atoms with E-state index in [1.807, 2.05) is 6.07 Å². The van der Waals surface area contributed by atoms with Gasteiger partial charge in [-0.3, -0.25) is 4.90 Å². The quantitative estimate of drug-likeness (QED) is 0.837. The highest BCUT2D eigenvalue weighted by molar-refractivity contribution is 9.09. The molecule has 2 rings (SSSR count). The molecule has 19 heavy (non-hydrogen) atoms. The number of nitrogens with zero attached hydrogens (tertiary/aromatic N) is 1. The summed E-state index contributed by atoms with van der Waals surface area (Å²) in [6.07, 6.45) is 0.659. The van der Waals surface area contributed by atoms with Crippen LogP contribution in [0.25, 0.3) is 0 Å². The lowest BCUT2D eigenvalue weighted by atomic mass is 9.98. The molecule has 4 nitrogen and oxygen atoms in total. The van der Waals surface area contributed by atoms with Crippen LogP contribution in [0.15, 0.2) is 12.1 Å². The van der Waals surface area contributed by atoms with Gasteiger partial charge in [-0.05, 0) is 29.7 Å². The van der Waals surface area contributed by atoms with Crippen molar-refractivity contribution in [2.45, 2.75) is 19.1 Å². The molecule has 1 unspecified atom stereocenters. The fourth-order valence-corrected chi connectivity index (χ4v) is 2.65. The van der Waals surface area contributed by atoms with E-state index >= 15 is 0 Å². The Morgan fingerprint density at radius 2 is 1.89 bits per heavy atom. The molecule has 5 heteroatoms. The van der Waals surface area contributed by atoms with Crippen molar-refractivity contribution in [1.82, 2.24) is 4.90 Å². The van der Waals surface area contributed by atoms with E-state index < -0.39 is 0 Å². The van der Waals surface area contributed by atoms with E-state index in [1.165, 1.54) is 11.1 Å². The Morgan fingerprint density at radius 1 is 1.26 bits per heavy atom. The molecule has 1 aromatic rings. The number of aliphatic hydroxyl groups excluding tert-OH is 1. The highest BCUT2D eigenvalue weighted by Gasteiger charge is 2.20. The molecule has 0 amide bonds. The van der Waals surface area contributed by atoms with Crippen molar-refractivity contribution >= 4 is 15.9 Å². The van der Waals surface area contributed by atoms with Gasteiger partial charge in [-0.2, -0.15) is 0 Å². The second-order valence-electron chi connectivity index (χ2n) is 4.77. The van der Waals surface area contributed by atoms with Gasteiger partial charge in [0.1, 0.15) is 0 Å². The van der Waals surface area contributed by atoms with Gasteiger partial charge < -0.3 is 14.6 Å². The predicted molar refractivity (Wildman–Crippen MR) is 78.3 cm³/mol. The first-order valence-electron chi connectivity index (χ1n) is 6.38. The van der Waals surface area contributed by atoms with E-state index in [9.17, 15) is 5.11 Å². The zero-order valence-corrected chi connectivity index (χ0v) is 12.9. The van der Waals surface area contributed by atoms with E-state index in [1.54, 1.807) is 14.2 Å². The lowest BCUT2D eigenvalue weighted by Crippen LogP contribution is -2.37. The van der Waals surface area contributed by atoms with Crippen molar-refractivity contribution in [2.75, 3.05) is 32.6 Å². The standard InChI is InChI=1S/C14H20BrNO3/c1-18-13-5-10-3-4-16(9-12(17)7-15)8-11(10)6-14(13)19-2/h5-6,12,17H,3-4,7-9H2,1-2H3. The summed E-state index contributed by atoms with van der Waals surface area (Å²) in [6, 6.07) is 4.10. The zero-order chi connectivity index (χ0) is 13.8. The lowest BCUT2D eigenvalue weighted by Gasteiger charge is -2.30. The molecule has 106 valence electrons. The molecule has 1 N–H and O–H groups in total. The van der Waals surface area contributed by atoms with Crippen molar-refractivity contribution in [3.8, 4) is 11.5 Å². The number of hydrogen-bond donors (Lipinski definition) is 1. The van der Waals surface area contributed by atoms with Gasteiger partial charge in [-0.25, -0.2) is 0 Å². The maximum absolute atomic E-state index is 9.71. The SMILES string of the molecule is COc1cc2c(cc1OC)CN(CC(O)CBr)CC2. The van der Waals surface area contributed by atoms with Gasteiger partial charge in [0.2, 0.25) is 0 Å². The minimum absolute atomic E-state index is 0.318. The molecular formula is C14H20BrNO3. The molecule has 0 radical (unpaired) electrons. The molecule has 1 aliphatic heterocycles. The highest BCUT2D eigenvalue weighted by atomic mass is 79.9. The molecule has 0 aromatic heterocycles. The summed E-state index contributed by atoms with van der Waals surface area (Å²) in [5.41, 5.74) is 2.56. The van der Waals surface area contributed by atoms with Crippen molar-refractivity contribution < 1.29 is 14.6 Å². The van der Waals surface area contributed by atoms with Crippen LogP contribution in [0.5, 0.6) is 11.5 Å². The average molecular weight is 330 g/mol. The topological polar surface area (TPSA) is 41.9 Å². The van der Waals surface area contributed by atoms with Crippen LogP contribution >= 0.6 is 15.9 Å². The molecule has 1 aromatic carbocycles. The van der Waals surface area contributed by atoms with E-state index in [0.29, 0.717) is 11.9 Å². The Bertz CT molecular complexity index is 439. The number of ether oxygens (including phenoxy) is 2. The molecule has 0 bridgehead atoms. The first-order valence-corrected chi connectivity index (χ1v) is 7.50. The summed E-state index contributed by atoms with van der Waals surface area (Å²) in [5.74, 6) is 1.55. The Hall–Kier alpha value is -0.780. The second-order valence-corrected chi connectivity index (χ2v) is 5.42. The molecule has 0 fully saturated rings. The van der Waals surface area contributed by atoms with Gasteiger partial charge in [0.05, 0.1) is 20.3 Å². The van der Waals surface area contributed by atoms with Crippen molar-refractivity contribution in [2.24, 2.45) is 0 Å². The van der Waals surface area contributed by atoms with Crippen LogP contribution in [0, 0.1) is 0 Å². The van der Waals surface area contributed by atoms with Crippen LogP contribution in [0.3, 0.4) is 0 Å². The Balaban J connectivity index is 2.15. The summed E-state index contributed by atoms with van der Waals surface area (Å²) < 4.78 is 10.7. The number of hydrogen-bond acceptors (Lipinski definition) is 4. The molecule has 0 saturated carbocycles. The fourth-order valence-electron chi connectivity index (χ4n) is 2.44. The minimum Gasteiger partial charge on any atom is -0.493 e. The smallest absolute Gasteiger partial charge is 0.161 e. The third kappa shape index (κ3) is 3.41. The van der Waals surface area contributed by atoms with E-state index in [0.717, 1.165) is 31.0 Å². The van der Waals surface area contributed by atoms with Crippen molar-refractivity contribution in [1.29, 1.82) is 0 Å². The molecule has 0 saturated heterocycles.